The molecule has 30 heavy (non-hydrogen) atoms. The minimum absolute atomic E-state index is 0.0782. The van der Waals surface area contributed by atoms with Gasteiger partial charge in [-0.3, -0.25) is 9.78 Å². The van der Waals surface area contributed by atoms with Crippen molar-refractivity contribution in [3.05, 3.63) is 48.0 Å². The van der Waals surface area contributed by atoms with Gasteiger partial charge < -0.3 is 14.8 Å². The maximum atomic E-state index is 12.9. The molecule has 0 aliphatic heterocycles. The van der Waals surface area contributed by atoms with Crippen LogP contribution in [0.2, 0.25) is 0 Å². The van der Waals surface area contributed by atoms with Crippen molar-refractivity contribution in [1.29, 1.82) is 0 Å². The molecule has 10 heteroatoms. The number of hydrogen-bond acceptors (Lipinski definition) is 5. The molecule has 3 rings (SSSR count). The zero-order valence-electron chi connectivity index (χ0n) is 16.4. The Labute approximate surface area is 170 Å². The van der Waals surface area contributed by atoms with Crippen LogP contribution in [0.5, 0.6) is 5.88 Å². The number of aromatic amines is 1. The van der Waals surface area contributed by atoms with E-state index >= 15 is 0 Å². The van der Waals surface area contributed by atoms with Crippen LogP contribution in [0.3, 0.4) is 0 Å². The molecule has 0 radical (unpaired) electrons. The zero-order valence-corrected chi connectivity index (χ0v) is 16.4. The van der Waals surface area contributed by atoms with E-state index in [4.69, 9.17) is 4.74 Å². The second-order valence-electron chi connectivity index (χ2n) is 7.37. The molecule has 0 atom stereocenters. The van der Waals surface area contributed by atoms with Gasteiger partial charge in [0.25, 0.3) is 0 Å². The number of rotatable bonds is 6. The summed E-state index contributed by atoms with van der Waals surface area (Å²) >= 11 is 0. The van der Waals surface area contributed by atoms with E-state index in [1.807, 2.05) is 0 Å². The van der Waals surface area contributed by atoms with Crippen molar-refractivity contribution in [3.8, 4) is 28.5 Å². The third kappa shape index (κ3) is 4.42. The van der Waals surface area contributed by atoms with E-state index in [1.165, 1.54) is 13.8 Å². The average Bonchev–Trinajstić information content (AvgIpc) is 3.17. The second-order valence-corrected chi connectivity index (χ2v) is 7.37. The summed E-state index contributed by atoms with van der Waals surface area (Å²) in [6.45, 7) is 4.55. The maximum Gasteiger partial charge on any atom is 0.432 e. The molecule has 3 aromatic heterocycles. The Hall–Kier alpha value is -3.43. The smallest absolute Gasteiger partial charge is 0.432 e. The first kappa shape index (κ1) is 21.3. The standard InChI is InChI=1S/C20H19F3N4O3/c1-11-7-13(16-25-9-14(27-16)20(21,22)23)26-17(30-10-19(2,3)18(28)29)15(11)12-5-4-6-24-8-12/h4-9H,10H2,1-3H3,(H,25,27)(H,28,29). The van der Waals surface area contributed by atoms with Crippen LogP contribution in [0.1, 0.15) is 25.1 Å². The van der Waals surface area contributed by atoms with E-state index in [1.54, 1.807) is 37.5 Å². The normalized spacial score (nSPS) is 12.1. The largest absolute Gasteiger partial charge is 0.481 e. The molecular formula is C20H19F3N4O3. The fourth-order valence-corrected chi connectivity index (χ4v) is 2.64. The predicted octanol–water partition coefficient (Wildman–Crippen LogP) is 4.35. The number of aryl methyl sites for hydroxylation is 1. The van der Waals surface area contributed by atoms with Gasteiger partial charge in [-0.25, -0.2) is 9.97 Å². The van der Waals surface area contributed by atoms with Gasteiger partial charge in [-0.1, -0.05) is 6.07 Å². The molecule has 0 fully saturated rings. The number of carbonyl (C=O) groups is 1. The van der Waals surface area contributed by atoms with Crippen molar-refractivity contribution >= 4 is 5.97 Å². The van der Waals surface area contributed by atoms with E-state index in [0.717, 1.165) is 0 Å². The Bertz CT molecular complexity index is 1060. The van der Waals surface area contributed by atoms with Crippen LogP contribution in [0, 0.1) is 12.3 Å². The van der Waals surface area contributed by atoms with Gasteiger partial charge in [0.1, 0.15) is 18.0 Å². The topological polar surface area (TPSA) is 101 Å². The lowest BCUT2D eigenvalue weighted by molar-refractivity contribution is -0.148. The molecule has 0 aliphatic rings. The van der Waals surface area contributed by atoms with Crippen molar-refractivity contribution in [2.24, 2.45) is 5.41 Å². The molecule has 158 valence electrons. The quantitative estimate of drug-likeness (QED) is 0.615. The SMILES string of the molecule is Cc1cc(-c2ncc(C(F)(F)F)[nH]2)nc(OCC(C)(C)C(=O)O)c1-c1cccnc1. The van der Waals surface area contributed by atoms with Gasteiger partial charge in [0.05, 0.1) is 11.6 Å². The Morgan fingerprint density at radius 3 is 2.57 bits per heavy atom. The number of aromatic nitrogens is 4. The number of aliphatic carboxylic acids is 1. The minimum Gasteiger partial charge on any atom is -0.481 e. The lowest BCUT2D eigenvalue weighted by Crippen LogP contribution is -2.31. The van der Waals surface area contributed by atoms with Gasteiger partial charge in [0, 0.05) is 23.5 Å². The highest BCUT2D eigenvalue weighted by Crippen LogP contribution is 2.36. The van der Waals surface area contributed by atoms with Crippen LogP contribution in [-0.2, 0) is 11.0 Å². The summed E-state index contributed by atoms with van der Waals surface area (Å²) in [5, 5.41) is 9.34. The number of halogens is 3. The first-order chi connectivity index (χ1) is 14.0. The number of carboxylic acid groups (broad SMARTS) is 1. The Morgan fingerprint density at radius 2 is 2.00 bits per heavy atom. The number of pyridine rings is 2. The van der Waals surface area contributed by atoms with Crippen LogP contribution >= 0.6 is 0 Å². The van der Waals surface area contributed by atoms with Crippen molar-refractivity contribution in [3.63, 3.8) is 0 Å². The van der Waals surface area contributed by atoms with Crippen molar-refractivity contribution in [2.45, 2.75) is 26.9 Å². The fraction of sp³-hybridized carbons (Fsp3) is 0.300. The number of nitrogens with zero attached hydrogens (tertiary/aromatic N) is 3. The second kappa shape index (κ2) is 7.77. The monoisotopic (exact) mass is 420 g/mol. The predicted molar refractivity (Wildman–Crippen MR) is 102 cm³/mol. The summed E-state index contributed by atoms with van der Waals surface area (Å²) in [7, 11) is 0. The van der Waals surface area contributed by atoms with E-state index < -0.39 is 23.3 Å². The molecule has 0 aliphatic carbocycles. The van der Waals surface area contributed by atoms with Gasteiger partial charge in [-0.2, -0.15) is 13.2 Å². The highest BCUT2D eigenvalue weighted by Gasteiger charge is 2.33. The van der Waals surface area contributed by atoms with Crippen molar-refractivity contribution in [1.82, 2.24) is 19.9 Å². The Kier molecular flexibility index (Phi) is 5.51. The number of ether oxygens (including phenoxy) is 1. The molecule has 0 amide bonds. The molecule has 0 aromatic carbocycles. The lowest BCUT2D eigenvalue weighted by atomic mass is 9.95. The molecule has 3 heterocycles. The summed E-state index contributed by atoms with van der Waals surface area (Å²) in [5.41, 5.74) is -0.169. The third-order valence-corrected chi connectivity index (χ3v) is 4.41. The number of nitrogens with one attached hydrogen (secondary N) is 1. The van der Waals surface area contributed by atoms with E-state index in [2.05, 4.69) is 19.9 Å². The van der Waals surface area contributed by atoms with Gasteiger partial charge in [0.15, 0.2) is 5.82 Å². The van der Waals surface area contributed by atoms with Crippen LogP contribution in [0.15, 0.2) is 36.8 Å². The number of carboxylic acids is 1. The van der Waals surface area contributed by atoms with Crippen LogP contribution in [0.4, 0.5) is 13.2 Å². The number of hydrogen-bond donors (Lipinski definition) is 2. The summed E-state index contributed by atoms with van der Waals surface area (Å²) in [6, 6.07) is 5.08. The summed E-state index contributed by atoms with van der Waals surface area (Å²) in [4.78, 5) is 25.8. The number of alkyl halides is 3. The minimum atomic E-state index is -4.57. The average molecular weight is 420 g/mol. The lowest BCUT2D eigenvalue weighted by Gasteiger charge is -2.21. The van der Waals surface area contributed by atoms with Gasteiger partial charge in [-0.05, 0) is 38.5 Å². The highest BCUT2D eigenvalue weighted by atomic mass is 19.4. The molecule has 2 N–H and O–H groups in total. The summed E-state index contributed by atoms with van der Waals surface area (Å²) < 4.78 is 44.5. The molecule has 0 spiro atoms. The van der Waals surface area contributed by atoms with E-state index in [0.29, 0.717) is 22.9 Å². The molecular weight excluding hydrogens is 401 g/mol. The Balaban J connectivity index is 2.08. The van der Waals surface area contributed by atoms with Gasteiger partial charge in [0.2, 0.25) is 5.88 Å². The molecule has 0 unspecified atom stereocenters. The van der Waals surface area contributed by atoms with Crippen molar-refractivity contribution < 1.29 is 27.8 Å². The summed E-state index contributed by atoms with van der Waals surface area (Å²) in [5.74, 6) is -1.05. The van der Waals surface area contributed by atoms with Crippen LogP contribution in [0.25, 0.3) is 22.6 Å². The number of H-pyrrole nitrogens is 1. The molecule has 0 saturated carbocycles. The van der Waals surface area contributed by atoms with Gasteiger partial charge in [-0.15, -0.1) is 0 Å². The van der Waals surface area contributed by atoms with Crippen LogP contribution in [-0.4, -0.2) is 37.6 Å². The molecule has 0 saturated heterocycles. The maximum absolute atomic E-state index is 12.9. The van der Waals surface area contributed by atoms with E-state index in [9.17, 15) is 23.1 Å². The van der Waals surface area contributed by atoms with Crippen molar-refractivity contribution in [2.75, 3.05) is 6.61 Å². The summed E-state index contributed by atoms with van der Waals surface area (Å²) in [6.07, 6.45) is -0.694. The van der Waals surface area contributed by atoms with Crippen LogP contribution < -0.4 is 4.74 Å². The molecule has 7 nitrogen and oxygen atoms in total. The van der Waals surface area contributed by atoms with Gasteiger partial charge >= 0.3 is 12.1 Å². The first-order valence-corrected chi connectivity index (χ1v) is 8.90. The number of imidazole rings is 1. The third-order valence-electron chi connectivity index (χ3n) is 4.41. The zero-order chi connectivity index (χ0) is 22.1. The highest BCUT2D eigenvalue weighted by molar-refractivity contribution is 5.75. The molecule has 0 bridgehead atoms. The van der Waals surface area contributed by atoms with E-state index in [-0.39, 0.29) is 24.0 Å². The first-order valence-electron chi connectivity index (χ1n) is 8.90. The Morgan fingerprint density at radius 1 is 1.27 bits per heavy atom. The molecule has 3 aromatic rings. The fourth-order valence-electron chi connectivity index (χ4n) is 2.64.